The number of hydrogen-bond donors (Lipinski definition) is 0. The van der Waals surface area contributed by atoms with Gasteiger partial charge in [-0.2, -0.15) is 0 Å². The molecule has 0 atom stereocenters. The van der Waals surface area contributed by atoms with E-state index in [-0.39, 0.29) is 5.97 Å². The van der Waals surface area contributed by atoms with Gasteiger partial charge in [0.15, 0.2) is 0 Å². The van der Waals surface area contributed by atoms with Crippen molar-refractivity contribution in [2.75, 3.05) is 7.11 Å². The minimum absolute atomic E-state index is 0.346. The second-order valence-electron chi connectivity index (χ2n) is 4.87. The standard InChI is InChI=1S/C18H20O3/c1-3-4-5-14-6-10-16(11-7-14)21-17-12-8-15(9-13-17)18(19)20-2/h6-13H,3-5H2,1-2H3. The van der Waals surface area contributed by atoms with Gasteiger partial charge in [0, 0.05) is 0 Å². The van der Waals surface area contributed by atoms with Crippen LogP contribution >= 0.6 is 0 Å². The third kappa shape index (κ3) is 4.35. The van der Waals surface area contributed by atoms with Crippen LogP contribution in [0.4, 0.5) is 0 Å². The van der Waals surface area contributed by atoms with Crippen LogP contribution in [0.15, 0.2) is 48.5 Å². The number of rotatable bonds is 6. The number of carbonyl (C=O) groups excluding carboxylic acids is 1. The zero-order chi connectivity index (χ0) is 15.1. The summed E-state index contributed by atoms with van der Waals surface area (Å²) in [5, 5.41) is 0. The molecule has 3 nitrogen and oxygen atoms in total. The molecular weight excluding hydrogens is 264 g/mol. The van der Waals surface area contributed by atoms with E-state index in [4.69, 9.17) is 4.74 Å². The third-order valence-corrected chi connectivity index (χ3v) is 3.25. The lowest BCUT2D eigenvalue weighted by atomic mass is 10.1. The number of methoxy groups -OCH3 is 1. The average Bonchev–Trinajstić information content (AvgIpc) is 2.54. The predicted molar refractivity (Wildman–Crippen MR) is 82.9 cm³/mol. The fourth-order valence-corrected chi connectivity index (χ4v) is 2.02. The molecule has 2 rings (SSSR count). The molecule has 0 radical (unpaired) electrons. The van der Waals surface area contributed by atoms with Gasteiger partial charge in [0.2, 0.25) is 0 Å². The van der Waals surface area contributed by atoms with Gasteiger partial charge in [0.1, 0.15) is 11.5 Å². The van der Waals surface area contributed by atoms with E-state index in [2.05, 4.69) is 23.8 Å². The van der Waals surface area contributed by atoms with Gasteiger partial charge >= 0.3 is 5.97 Å². The van der Waals surface area contributed by atoms with Gasteiger partial charge in [0.25, 0.3) is 0 Å². The van der Waals surface area contributed by atoms with Crippen molar-refractivity contribution in [1.82, 2.24) is 0 Å². The van der Waals surface area contributed by atoms with Gasteiger partial charge in [-0.1, -0.05) is 25.5 Å². The van der Waals surface area contributed by atoms with Gasteiger partial charge < -0.3 is 9.47 Å². The molecule has 0 aliphatic carbocycles. The van der Waals surface area contributed by atoms with Crippen molar-refractivity contribution in [3.63, 3.8) is 0 Å². The lowest BCUT2D eigenvalue weighted by Crippen LogP contribution is -2.00. The molecule has 0 fully saturated rings. The molecule has 0 aromatic heterocycles. The smallest absolute Gasteiger partial charge is 0.337 e. The summed E-state index contributed by atoms with van der Waals surface area (Å²) >= 11 is 0. The number of ether oxygens (including phenoxy) is 2. The summed E-state index contributed by atoms with van der Waals surface area (Å²) in [6.45, 7) is 2.19. The van der Waals surface area contributed by atoms with Crippen LogP contribution < -0.4 is 4.74 Å². The maximum Gasteiger partial charge on any atom is 0.337 e. The first-order valence-corrected chi connectivity index (χ1v) is 7.18. The van der Waals surface area contributed by atoms with Crippen molar-refractivity contribution in [2.45, 2.75) is 26.2 Å². The molecule has 110 valence electrons. The number of carbonyl (C=O) groups is 1. The van der Waals surface area contributed by atoms with Gasteiger partial charge in [0.05, 0.1) is 12.7 Å². The zero-order valence-electron chi connectivity index (χ0n) is 12.5. The second-order valence-corrected chi connectivity index (χ2v) is 4.87. The normalized spacial score (nSPS) is 10.2. The molecule has 0 spiro atoms. The highest BCUT2D eigenvalue weighted by atomic mass is 16.5. The Morgan fingerprint density at radius 2 is 1.52 bits per heavy atom. The fourth-order valence-electron chi connectivity index (χ4n) is 2.02. The summed E-state index contributed by atoms with van der Waals surface area (Å²) in [6.07, 6.45) is 3.50. The summed E-state index contributed by atoms with van der Waals surface area (Å²) in [5.41, 5.74) is 1.84. The van der Waals surface area contributed by atoms with Crippen molar-refractivity contribution in [2.24, 2.45) is 0 Å². The molecule has 0 amide bonds. The van der Waals surface area contributed by atoms with Crippen LogP contribution in [0.2, 0.25) is 0 Å². The van der Waals surface area contributed by atoms with E-state index in [9.17, 15) is 4.79 Å². The number of hydrogen-bond acceptors (Lipinski definition) is 3. The summed E-state index contributed by atoms with van der Waals surface area (Å²) in [4.78, 5) is 11.3. The summed E-state index contributed by atoms with van der Waals surface area (Å²) < 4.78 is 10.4. The first-order chi connectivity index (χ1) is 10.2. The monoisotopic (exact) mass is 284 g/mol. The van der Waals surface area contributed by atoms with E-state index in [1.807, 2.05) is 12.1 Å². The van der Waals surface area contributed by atoms with Crippen LogP contribution in [0.25, 0.3) is 0 Å². The van der Waals surface area contributed by atoms with Crippen LogP contribution in [-0.2, 0) is 11.2 Å². The zero-order valence-corrected chi connectivity index (χ0v) is 12.5. The minimum Gasteiger partial charge on any atom is -0.465 e. The van der Waals surface area contributed by atoms with Gasteiger partial charge in [-0.25, -0.2) is 4.79 Å². The Kier molecular flexibility index (Phi) is 5.38. The minimum atomic E-state index is -0.346. The Morgan fingerprint density at radius 1 is 0.952 bits per heavy atom. The fraction of sp³-hybridized carbons (Fsp3) is 0.278. The quantitative estimate of drug-likeness (QED) is 0.727. The molecule has 21 heavy (non-hydrogen) atoms. The first-order valence-electron chi connectivity index (χ1n) is 7.18. The Labute approximate surface area is 125 Å². The van der Waals surface area contributed by atoms with Gasteiger partial charge in [-0.05, 0) is 54.8 Å². The predicted octanol–water partition coefficient (Wildman–Crippen LogP) is 4.61. The SMILES string of the molecule is CCCCc1ccc(Oc2ccc(C(=O)OC)cc2)cc1. The highest BCUT2D eigenvalue weighted by molar-refractivity contribution is 5.89. The molecule has 0 bridgehead atoms. The summed E-state index contributed by atoms with van der Waals surface area (Å²) in [6, 6.07) is 15.0. The molecule has 2 aromatic rings. The number of unbranched alkanes of at least 4 members (excludes halogenated alkanes) is 1. The van der Waals surface area contributed by atoms with Crippen molar-refractivity contribution in [3.8, 4) is 11.5 Å². The van der Waals surface area contributed by atoms with Crippen molar-refractivity contribution < 1.29 is 14.3 Å². The molecule has 0 heterocycles. The van der Waals surface area contributed by atoms with Crippen LogP contribution in [0.3, 0.4) is 0 Å². The molecule has 0 N–H and O–H groups in total. The largest absolute Gasteiger partial charge is 0.465 e. The third-order valence-electron chi connectivity index (χ3n) is 3.25. The van der Waals surface area contributed by atoms with Crippen LogP contribution in [0, 0.1) is 0 Å². The lowest BCUT2D eigenvalue weighted by Gasteiger charge is -2.07. The maximum atomic E-state index is 11.3. The number of esters is 1. The maximum absolute atomic E-state index is 11.3. The highest BCUT2D eigenvalue weighted by Gasteiger charge is 2.05. The Balaban J connectivity index is 1.99. The molecular formula is C18H20O3. The Morgan fingerprint density at radius 3 is 2.05 bits per heavy atom. The molecule has 3 heteroatoms. The molecule has 0 aliphatic rings. The van der Waals surface area contributed by atoms with Crippen molar-refractivity contribution in [3.05, 3.63) is 59.7 Å². The van der Waals surface area contributed by atoms with E-state index in [1.54, 1.807) is 24.3 Å². The van der Waals surface area contributed by atoms with Crippen LogP contribution in [0.1, 0.15) is 35.7 Å². The van der Waals surface area contributed by atoms with Crippen LogP contribution in [0.5, 0.6) is 11.5 Å². The van der Waals surface area contributed by atoms with E-state index < -0.39 is 0 Å². The number of aryl methyl sites for hydroxylation is 1. The topological polar surface area (TPSA) is 35.5 Å². The van der Waals surface area contributed by atoms with Gasteiger partial charge in [-0.3, -0.25) is 0 Å². The summed E-state index contributed by atoms with van der Waals surface area (Å²) in [7, 11) is 1.37. The molecule has 0 saturated carbocycles. The van der Waals surface area contributed by atoms with Crippen LogP contribution in [-0.4, -0.2) is 13.1 Å². The van der Waals surface area contributed by atoms with Crippen molar-refractivity contribution >= 4 is 5.97 Å². The van der Waals surface area contributed by atoms with E-state index in [1.165, 1.54) is 25.5 Å². The Bertz CT molecular complexity index is 570. The molecule has 0 unspecified atom stereocenters. The van der Waals surface area contributed by atoms with E-state index >= 15 is 0 Å². The molecule has 0 aliphatic heterocycles. The van der Waals surface area contributed by atoms with Gasteiger partial charge in [-0.15, -0.1) is 0 Å². The summed E-state index contributed by atoms with van der Waals surface area (Å²) in [5.74, 6) is 1.15. The van der Waals surface area contributed by atoms with E-state index in [0.717, 1.165) is 12.2 Å². The molecule has 2 aromatic carbocycles. The molecule has 0 saturated heterocycles. The Hall–Kier alpha value is -2.29. The highest BCUT2D eigenvalue weighted by Crippen LogP contribution is 2.22. The number of benzene rings is 2. The lowest BCUT2D eigenvalue weighted by molar-refractivity contribution is 0.0600. The van der Waals surface area contributed by atoms with Crippen molar-refractivity contribution in [1.29, 1.82) is 0 Å². The van der Waals surface area contributed by atoms with E-state index in [0.29, 0.717) is 11.3 Å². The average molecular weight is 284 g/mol. The second kappa shape index (κ2) is 7.48. The first kappa shape index (κ1) is 15.1.